The molecule has 1 saturated heterocycles. The SMILES string of the molecule is O=C(C1CCCN(c2ccc(-c3ccncc3)nn2)C1)N(Cc1ccccc1)c1ccccc1. The van der Waals surface area contributed by atoms with Crippen LogP contribution < -0.4 is 9.80 Å². The van der Waals surface area contributed by atoms with Crippen molar-refractivity contribution in [2.24, 2.45) is 5.92 Å². The van der Waals surface area contributed by atoms with Gasteiger partial charge in [-0.1, -0.05) is 48.5 Å². The Bertz CT molecular complexity index is 1200. The van der Waals surface area contributed by atoms with Crippen LogP contribution in [0.1, 0.15) is 18.4 Å². The van der Waals surface area contributed by atoms with Gasteiger partial charge in [0, 0.05) is 36.7 Å². The molecular weight excluding hydrogens is 422 g/mol. The second kappa shape index (κ2) is 10.3. The van der Waals surface area contributed by atoms with E-state index in [1.54, 1.807) is 12.4 Å². The predicted octanol–water partition coefficient (Wildman–Crippen LogP) is 4.99. The van der Waals surface area contributed by atoms with Gasteiger partial charge >= 0.3 is 0 Å². The van der Waals surface area contributed by atoms with Gasteiger partial charge in [0.05, 0.1) is 18.2 Å². The predicted molar refractivity (Wildman–Crippen MR) is 134 cm³/mol. The zero-order valence-corrected chi connectivity index (χ0v) is 19.0. The molecule has 0 aliphatic carbocycles. The Morgan fingerprint density at radius 3 is 2.32 bits per heavy atom. The summed E-state index contributed by atoms with van der Waals surface area (Å²) in [4.78, 5) is 21.9. The summed E-state index contributed by atoms with van der Waals surface area (Å²) in [6.07, 6.45) is 5.31. The van der Waals surface area contributed by atoms with Crippen molar-refractivity contribution >= 4 is 17.4 Å². The van der Waals surface area contributed by atoms with Gasteiger partial charge in [-0.2, -0.15) is 0 Å². The number of carbonyl (C=O) groups excluding carboxylic acids is 1. The zero-order valence-electron chi connectivity index (χ0n) is 19.0. The highest BCUT2D eigenvalue weighted by Crippen LogP contribution is 2.27. The minimum Gasteiger partial charge on any atom is -0.354 e. The van der Waals surface area contributed by atoms with Crippen LogP contribution >= 0.6 is 0 Å². The van der Waals surface area contributed by atoms with Crippen LogP contribution in [0.2, 0.25) is 0 Å². The maximum atomic E-state index is 13.8. The summed E-state index contributed by atoms with van der Waals surface area (Å²) in [5.41, 5.74) is 3.84. The molecule has 1 aliphatic rings. The molecule has 170 valence electrons. The maximum Gasteiger partial charge on any atom is 0.232 e. The number of aromatic nitrogens is 3. The Kier molecular flexibility index (Phi) is 6.56. The van der Waals surface area contributed by atoms with Gasteiger partial charge < -0.3 is 9.80 Å². The fourth-order valence-electron chi connectivity index (χ4n) is 4.45. The van der Waals surface area contributed by atoms with Crippen molar-refractivity contribution in [1.29, 1.82) is 0 Å². The van der Waals surface area contributed by atoms with Crippen LogP contribution in [0, 0.1) is 5.92 Å². The third-order valence-electron chi connectivity index (χ3n) is 6.24. The van der Waals surface area contributed by atoms with E-state index in [2.05, 4.69) is 32.2 Å². The molecule has 0 bridgehead atoms. The summed E-state index contributed by atoms with van der Waals surface area (Å²) in [6.45, 7) is 2.07. The quantitative estimate of drug-likeness (QED) is 0.415. The van der Waals surface area contributed by atoms with Gasteiger partial charge in [-0.05, 0) is 54.8 Å². The highest BCUT2D eigenvalue weighted by Gasteiger charge is 2.31. The van der Waals surface area contributed by atoms with E-state index in [0.29, 0.717) is 13.1 Å². The van der Waals surface area contributed by atoms with Gasteiger partial charge in [-0.3, -0.25) is 9.78 Å². The Morgan fingerprint density at radius 2 is 1.62 bits per heavy atom. The van der Waals surface area contributed by atoms with E-state index in [0.717, 1.165) is 47.7 Å². The van der Waals surface area contributed by atoms with Crippen LogP contribution in [0.15, 0.2) is 97.3 Å². The number of benzene rings is 2. The van der Waals surface area contributed by atoms with E-state index in [1.807, 2.05) is 77.7 Å². The number of piperidine rings is 1. The van der Waals surface area contributed by atoms with E-state index >= 15 is 0 Å². The van der Waals surface area contributed by atoms with Crippen molar-refractivity contribution in [1.82, 2.24) is 15.2 Å². The van der Waals surface area contributed by atoms with Crippen LogP contribution in [-0.2, 0) is 11.3 Å². The molecule has 0 N–H and O–H groups in total. The van der Waals surface area contributed by atoms with Crippen LogP contribution in [0.3, 0.4) is 0 Å². The van der Waals surface area contributed by atoms with Crippen molar-refractivity contribution in [3.05, 3.63) is 103 Å². The molecule has 34 heavy (non-hydrogen) atoms. The summed E-state index contributed by atoms with van der Waals surface area (Å²) < 4.78 is 0. The molecule has 0 saturated carbocycles. The van der Waals surface area contributed by atoms with Gasteiger partial charge in [0.15, 0.2) is 5.82 Å². The van der Waals surface area contributed by atoms with Crippen LogP contribution in [-0.4, -0.2) is 34.2 Å². The first kappa shape index (κ1) is 21.8. The van der Waals surface area contributed by atoms with Gasteiger partial charge in [-0.25, -0.2) is 0 Å². The fourth-order valence-corrected chi connectivity index (χ4v) is 4.45. The molecule has 6 heteroatoms. The molecule has 1 fully saturated rings. The number of anilines is 2. The van der Waals surface area contributed by atoms with Crippen molar-refractivity contribution in [2.45, 2.75) is 19.4 Å². The van der Waals surface area contributed by atoms with Crippen molar-refractivity contribution in [3.8, 4) is 11.3 Å². The van der Waals surface area contributed by atoms with E-state index in [-0.39, 0.29) is 11.8 Å². The summed E-state index contributed by atoms with van der Waals surface area (Å²) in [6, 6.07) is 27.9. The molecule has 5 rings (SSSR count). The van der Waals surface area contributed by atoms with E-state index in [9.17, 15) is 4.79 Å². The summed E-state index contributed by atoms with van der Waals surface area (Å²) in [5.74, 6) is 0.866. The lowest BCUT2D eigenvalue weighted by Gasteiger charge is -2.35. The third kappa shape index (κ3) is 4.96. The standard InChI is InChI=1S/C28H27N5O/c34-28(33(25-11-5-2-6-12-25)20-22-8-3-1-4-9-22)24-10-7-19-32(21-24)27-14-13-26(30-31-27)23-15-17-29-18-16-23/h1-6,8-9,11-18,24H,7,10,19-21H2. The monoisotopic (exact) mass is 449 g/mol. The second-order valence-corrected chi connectivity index (χ2v) is 8.54. The highest BCUT2D eigenvalue weighted by atomic mass is 16.2. The van der Waals surface area contributed by atoms with Gasteiger partial charge in [0.2, 0.25) is 5.91 Å². The van der Waals surface area contributed by atoms with E-state index < -0.39 is 0 Å². The normalized spacial score (nSPS) is 15.6. The lowest BCUT2D eigenvalue weighted by molar-refractivity contribution is -0.122. The molecule has 1 atom stereocenters. The molecule has 0 radical (unpaired) electrons. The average molecular weight is 450 g/mol. The maximum absolute atomic E-state index is 13.8. The number of carbonyl (C=O) groups is 1. The average Bonchev–Trinajstić information content (AvgIpc) is 2.93. The van der Waals surface area contributed by atoms with E-state index in [1.165, 1.54) is 0 Å². The highest BCUT2D eigenvalue weighted by molar-refractivity contribution is 5.95. The molecule has 4 aromatic rings. The summed E-state index contributed by atoms with van der Waals surface area (Å²) in [7, 11) is 0. The van der Waals surface area contributed by atoms with Crippen molar-refractivity contribution in [2.75, 3.05) is 22.9 Å². The van der Waals surface area contributed by atoms with Crippen LogP contribution in [0.4, 0.5) is 11.5 Å². The third-order valence-corrected chi connectivity index (χ3v) is 6.24. The second-order valence-electron chi connectivity index (χ2n) is 8.54. The first-order valence-electron chi connectivity index (χ1n) is 11.7. The molecule has 1 amide bonds. The number of rotatable bonds is 6. The summed E-state index contributed by atoms with van der Waals surface area (Å²) >= 11 is 0. The minimum absolute atomic E-state index is 0.0978. The van der Waals surface area contributed by atoms with Gasteiger partial charge in [0.25, 0.3) is 0 Å². The molecule has 2 aromatic heterocycles. The van der Waals surface area contributed by atoms with Crippen LogP contribution in [0.25, 0.3) is 11.3 Å². The number of hydrogen-bond donors (Lipinski definition) is 0. The lowest BCUT2D eigenvalue weighted by Crippen LogP contribution is -2.45. The Balaban J connectivity index is 1.33. The Hall–Kier alpha value is -4.06. The molecular formula is C28H27N5O. The first-order chi connectivity index (χ1) is 16.8. The Morgan fingerprint density at radius 1 is 0.882 bits per heavy atom. The van der Waals surface area contributed by atoms with Crippen molar-refractivity contribution in [3.63, 3.8) is 0 Å². The molecule has 6 nitrogen and oxygen atoms in total. The van der Waals surface area contributed by atoms with E-state index in [4.69, 9.17) is 0 Å². The van der Waals surface area contributed by atoms with Gasteiger partial charge in [-0.15, -0.1) is 10.2 Å². The van der Waals surface area contributed by atoms with Crippen LogP contribution in [0.5, 0.6) is 0 Å². The zero-order chi connectivity index (χ0) is 23.2. The van der Waals surface area contributed by atoms with Crippen molar-refractivity contribution < 1.29 is 4.79 Å². The minimum atomic E-state index is -0.0978. The number of para-hydroxylation sites is 1. The Labute approximate surface area is 199 Å². The number of amides is 1. The fraction of sp³-hybridized carbons (Fsp3) is 0.214. The molecule has 1 unspecified atom stereocenters. The number of nitrogens with zero attached hydrogens (tertiary/aromatic N) is 5. The lowest BCUT2D eigenvalue weighted by atomic mass is 9.95. The van der Waals surface area contributed by atoms with Gasteiger partial charge in [0.1, 0.15) is 0 Å². The molecule has 1 aliphatic heterocycles. The first-order valence-corrected chi connectivity index (χ1v) is 11.7. The summed E-state index contributed by atoms with van der Waals surface area (Å²) in [5, 5.41) is 8.89. The molecule has 2 aromatic carbocycles. The topological polar surface area (TPSA) is 62.2 Å². The number of pyridine rings is 1. The largest absolute Gasteiger partial charge is 0.354 e. The number of hydrogen-bond acceptors (Lipinski definition) is 5. The smallest absolute Gasteiger partial charge is 0.232 e. The molecule has 3 heterocycles. The molecule has 0 spiro atoms.